The Morgan fingerprint density at radius 3 is 1.20 bits per heavy atom. The number of hydrogen-bond donors (Lipinski definition) is 6. The molecule has 0 heterocycles. The van der Waals surface area contributed by atoms with E-state index in [-0.39, 0.29) is 103 Å². The number of hydrogen-bond acceptors (Lipinski definition) is 17. The van der Waals surface area contributed by atoms with Gasteiger partial charge in [-0.15, -0.1) is 0 Å². The third-order valence-corrected chi connectivity index (χ3v) is 20.8. The molecule has 17 nitrogen and oxygen atoms in total. The SMILES string of the molecule is CC(C)(C)C(=O)OCCCC/C=C\C[C@H]1C(O)CC(O)[C@@H]1CCC(O)COc1cccc(Cl)c1.CC(C)(C)C(=O)OCCCC/C=C\C[C@H]1C(O)CC(OP)[C@@H]1CCC(COc1cccc(Cl)c1)OP.OCCCC/C=C\C[C@H]1C(O)CC(OP)[C@@H]1CCC(COc1cccc(Cl)c1)OP.[3HH].[3HH].[3HH].[3HH]. The summed E-state index contributed by atoms with van der Waals surface area (Å²) < 4.78 is 50.2. The maximum atomic E-state index is 11.8. The molecule has 0 amide bonds. The van der Waals surface area contributed by atoms with Gasteiger partial charge >= 0.3 is 11.9 Å². The molecule has 13 unspecified atom stereocenters. The second-order valence-corrected chi connectivity index (χ2v) is 31.0. The van der Waals surface area contributed by atoms with Crippen molar-refractivity contribution in [2.45, 2.75) is 231 Å². The van der Waals surface area contributed by atoms with Gasteiger partial charge in [0.05, 0.1) is 79.0 Å². The normalized spacial score (nSPS) is 24.0. The summed E-state index contributed by atoms with van der Waals surface area (Å²) in [7, 11) is 9.39. The lowest BCUT2D eigenvalue weighted by Gasteiger charge is -2.26. The van der Waals surface area contributed by atoms with E-state index in [1.54, 1.807) is 36.4 Å². The summed E-state index contributed by atoms with van der Waals surface area (Å²) in [6, 6.07) is 21.7. The van der Waals surface area contributed by atoms with Gasteiger partial charge in [-0.2, -0.15) is 0 Å². The second-order valence-electron chi connectivity index (χ2n) is 28.6. The molecule has 6 rings (SSSR count). The van der Waals surface area contributed by atoms with Crippen LogP contribution in [-0.4, -0.2) is 137 Å². The van der Waals surface area contributed by atoms with Crippen molar-refractivity contribution >= 4 is 84.6 Å². The molecule has 574 valence electrons. The van der Waals surface area contributed by atoms with Gasteiger partial charge in [-0.3, -0.25) is 9.59 Å². The number of aliphatic hydroxyl groups is 6. The number of carbonyl (C=O) groups excluding carboxylic acids is 2. The van der Waals surface area contributed by atoms with Gasteiger partial charge in [0, 0.05) is 78.1 Å². The van der Waals surface area contributed by atoms with Crippen LogP contribution in [0, 0.1) is 46.3 Å². The van der Waals surface area contributed by atoms with E-state index in [9.17, 15) is 35.1 Å². The lowest BCUT2D eigenvalue weighted by Crippen LogP contribution is -2.26. The summed E-state index contributed by atoms with van der Waals surface area (Å²) in [5.74, 6) is 2.42. The Bertz CT molecular complexity index is 2840. The summed E-state index contributed by atoms with van der Waals surface area (Å²) in [5, 5.41) is 63.2. The first-order valence-electron chi connectivity index (χ1n) is 35.7. The molecule has 3 aromatic carbocycles. The molecule has 3 aromatic rings. The molecule has 3 fully saturated rings. The summed E-state index contributed by atoms with van der Waals surface area (Å²) in [6.07, 6.45) is 26.7. The number of halogens is 3. The first kappa shape index (κ1) is 89.8. The van der Waals surface area contributed by atoms with Crippen molar-refractivity contribution in [3.8, 4) is 17.2 Å². The Morgan fingerprint density at radius 2 is 0.840 bits per heavy atom. The second kappa shape index (κ2) is 50.1. The zero-order chi connectivity index (χ0) is 73.5. The quantitative estimate of drug-likeness (QED) is 0.0134. The highest BCUT2D eigenvalue weighted by Crippen LogP contribution is 2.43. The van der Waals surface area contributed by atoms with E-state index < -0.39 is 29.1 Å². The van der Waals surface area contributed by atoms with Gasteiger partial charge in [0.1, 0.15) is 37.1 Å². The van der Waals surface area contributed by atoms with Crippen LogP contribution in [0.4, 0.5) is 0 Å². The summed E-state index contributed by atoms with van der Waals surface area (Å²) >= 11 is 18.0. The highest BCUT2D eigenvalue weighted by molar-refractivity contribution is 7.10. The maximum Gasteiger partial charge on any atom is 0.311 e. The molecule has 0 aliphatic heterocycles. The number of esters is 2. The van der Waals surface area contributed by atoms with E-state index >= 15 is 0 Å². The van der Waals surface area contributed by atoms with Crippen molar-refractivity contribution in [3.63, 3.8) is 0 Å². The Morgan fingerprint density at radius 1 is 0.490 bits per heavy atom. The van der Waals surface area contributed by atoms with E-state index in [2.05, 4.69) is 74.3 Å². The van der Waals surface area contributed by atoms with Crippen LogP contribution in [0.5, 0.6) is 17.2 Å². The number of ether oxygens (including phenoxy) is 5. The number of rotatable bonds is 42. The lowest BCUT2D eigenvalue weighted by atomic mass is 9.86. The molecule has 100 heavy (non-hydrogen) atoms. The number of allylic oxidation sites excluding steroid dienone is 6. The molecule has 3 aliphatic carbocycles. The predicted octanol–water partition coefficient (Wildman–Crippen LogP) is 17.4. The van der Waals surface area contributed by atoms with Crippen molar-refractivity contribution in [1.29, 1.82) is 0 Å². The fraction of sp³-hybridized carbons (Fsp3) is 0.658. The van der Waals surface area contributed by atoms with E-state index in [1.165, 1.54) is 0 Å². The molecular weight excluding hydrogens is 1420 g/mol. The van der Waals surface area contributed by atoms with Crippen LogP contribution in [0.25, 0.3) is 0 Å². The smallest absolute Gasteiger partial charge is 0.311 e. The molecular formula is C76H127Cl3O17P4. The van der Waals surface area contributed by atoms with Crippen LogP contribution in [-0.2, 0) is 37.2 Å². The maximum absolute atomic E-state index is 11.8. The molecule has 0 radical (unpaired) electrons. The molecule has 3 saturated carbocycles. The van der Waals surface area contributed by atoms with Crippen LogP contribution in [0.3, 0.4) is 0 Å². The van der Waals surface area contributed by atoms with E-state index in [0.29, 0.717) is 91.5 Å². The first-order valence-corrected chi connectivity index (χ1v) is 38.7. The largest absolute Gasteiger partial charge is 0.491 e. The number of aliphatic hydroxyl groups excluding tert-OH is 6. The van der Waals surface area contributed by atoms with Crippen LogP contribution >= 0.6 is 72.7 Å². The minimum atomic E-state index is -0.660. The highest BCUT2D eigenvalue weighted by Gasteiger charge is 2.44. The zero-order valence-corrected chi connectivity index (χ0v) is 66.6. The van der Waals surface area contributed by atoms with E-state index in [4.69, 9.17) is 81.7 Å². The topological polar surface area (TPSA) is 239 Å². The summed E-state index contributed by atoms with van der Waals surface area (Å²) in [4.78, 5) is 23.5. The summed E-state index contributed by atoms with van der Waals surface area (Å²) in [6.45, 7) is 13.2. The predicted molar refractivity (Wildman–Crippen MR) is 421 cm³/mol. The Hall–Kier alpha value is -2.59. The van der Waals surface area contributed by atoms with Crippen LogP contribution in [0.1, 0.15) is 182 Å². The molecule has 19 atom stereocenters. The van der Waals surface area contributed by atoms with Gasteiger partial charge in [-0.05, 0) is 254 Å². The fourth-order valence-corrected chi connectivity index (χ4v) is 14.4. The van der Waals surface area contributed by atoms with Crippen molar-refractivity contribution in [1.82, 2.24) is 0 Å². The third-order valence-electron chi connectivity index (χ3n) is 18.7. The Balaban J connectivity index is 0.00000151. The van der Waals surface area contributed by atoms with E-state index in [0.717, 1.165) is 102 Å². The average molecular weight is 1550 g/mol. The minimum absolute atomic E-state index is 0. The highest BCUT2D eigenvalue weighted by atomic mass is 35.5. The number of carbonyl (C=O) groups is 2. The number of unbranched alkanes of at least 4 members (excludes halogenated alkanes) is 6. The van der Waals surface area contributed by atoms with Crippen LogP contribution in [0.15, 0.2) is 109 Å². The summed E-state index contributed by atoms with van der Waals surface area (Å²) in [5.41, 5.74) is -0.926. The molecule has 24 heteroatoms. The van der Waals surface area contributed by atoms with Gasteiger partial charge in [0.25, 0.3) is 0 Å². The lowest BCUT2D eigenvalue weighted by molar-refractivity contribution is -0.153. The third kappa shape index (κ3) is 35.2. The molecule has 3 aliphatic rings. The van der Waals surface area contributed by atoms with Gasteiger partial charge in [0.15, 0.2) is 0 Å². The standard InChI is InChI=1S/C27H43ClO6P2.C27H41ClO6.C22H35ClO5P2.4H2/c1-27(2,3)26(30)31-15-8-6-4-5-7-12-22-23(25(34-36)17-24(22)29)14-13-21(33-35)18-32-20-11-9-10-19(28)16-20;1-27(2,3)26(32)33-15-8-6-4-5-7-12-22-23(25(31)17-24(22)30)14-13-20(29)18-34-21-11-9-10-19(28)16-21;23-16-7-6-8-17(13-16)26-15-18(27-29)10-11-20-19(21(25)14-22(20)28-30)9-4-2-1-3-5-12-24;;;;/h5,7,9-11,16,21-25,29H,4,6,8,12-15,17-18,35-36H2,1-3H3;5,7,9-11,16,20,22-25,29-31H,4,6,8,12-15,17-18H2,1-3H3;2,4,6-8,13,18-22,24-25H,1,3,5,9-12,14-15,29-30H2;4*1H/b2*7-5-;4-2-;;;;/t21?,22-,23-,24?,25?;20?,22-,23-,24?,25?;18?,19-,20-,21?,22?;;;;/m111..../s1/i;;;4*1+2. The van der Waals surface area contributed by atoms with Gasteiger partial charge in [-0.25, -0.2) is 0 Å². The molecule has 0 bridgehead atoms. The van der Waals surface area contributed by atoms with E-state index in [1.807, 2.05) is 77.9 Å². The molecule has 0 saturated heterocycles. The molecule has 0 spiro atoms. The Kier molecular flexibility index (Phi) is 45.0. The Labute approximate surface area is 627 Å². The van der Waals surface area contributed by atoms with Crippen LogP contribution in [0.2, 0.25) is 15.1 Å². The van der Waals surface area contributed by atoms with Crippen molar-refractivity contribution < 1.29 is 87.7 Å². The van der Waals surface area contributed by atoms with Gasteiger partial charge < -0.3 is 72.4 Å². The minimum Gasteiger partial charge on any atom is -0.491 e. The monoisotopic (exact) mass is 1550 g/mol. The number of benzene rings is 3. The first-order chi connectivity index (χ1) is 47.8. The average Bonchev–Trinajstić information content (AvgIpc) is 1.69. The van der Waals surface area contributed by atoms with Crippen molar-refractivity contribution in [3.05, 3.63) is 124 Å². The fourth-order valence-electron chi connectivity index (χ4n) is 12.8. The zero-order valence-electron chi connectivity index (χ0n) is 59.8. The molecule has 6 N–H and O–H groups in total. The van der Waals surface area contributed by atoms with Gasteiger partial charge in [0.2, 0.25) is 0 Å². The molecule has 0 aromatic heterocycles. The van der Waals surface area contributed by atoms with Crippen LogP contribution < -0.4 is 14.2 Å². The van der Waals surface area contributed by atoms with Crippen molar-refractivity contribution in [2.24, 2.45) is 46.3 Å². The van der Waals surface area contributed by atoms with Gasteiger partial charge in [-0.1, -0.05) is 89.5 Å². The van der Waals surface area contributed by atoms with Crippen molar-refractivity contribution in [2.75, 3.05) is 39.6 Å².